The topological polar surface area (TPSA) is 61.8 Å². The van der Waals surface area contributed by atoms with Gasteiger partial charge in [-0.2, -0.15) is 0 Å². The van der Waals surface area contributed by atoms with Crippen molar-refractivity contribution in [2.24, 2.45) is 0 Å². The molecule has 0 fully saturated rings. The molecular weight excluding hydrogens is 813 g/mol. The fourth-order valence-corrected chi connectivity index (χ4v) is 7.70. The molecule has 0 aromatic carbocycles. The third-order valence-corrected chi connectivity index (χ3v) is 11.9. The van der Waals surface area contributed by atoms with Gasteiger partial charge in [0.15, 0.2) is 6.10 Å². The van der Waals surface area contributed by atoms with Gasteiger partial charge in [0.05, 0.1) is 6.61 Å². The fourth-order valence-electron chi connectivity index (χ4n) is 7.70. The maximum atomic E-state index is 12.8. The van der Waals surface area contributed by atoms with E-state index < -0.39 is 6.10 Å². The quantitative estimate of drug-likeness (QED) is 0.0346. The summed E-state index contributed by atoms with van der Waals surface area (Å²) >= 11 is 0. The molecule has 1 atom stereocenters. The fraction of sp³-hybridized carbons (Fsp3) is 0.738. The highest BCUT2D eigenvalue weighted by molar-refractivity contribution is 5.70. The van der Waals surface area contributed by atoms with Crippen molar-refractivity contribution in [1.82, 2.24) is 0 Å². The molecule has 5 heteroatoms. The third-order valence-electron chi connectivity index (χ3n) is 11.9. The van der Waals surface area contributed by atoms with E-state index in [1.54, 1.807) is 0 Å². The number of carbonyl (C=O) groups is 2. The van der Waals surface area contributed by atoms with E-state index in [4.69, 9.17) is 14.2 Å². The minimum atomic E-state index is -0.556. The maximum absolute atomic E-state index is 12.8. The Balaban J connectivity index is 4.32. The van der Waals surface area contributed by atoms with Gasteiger partial charge in [0.1, 0.15) is 6.61 Å². The predicted molar refractivity (Wildman–Crippen MR) is 288 cm³/mol. The van der Waals surface area contributed by atoms with Gasteiger partial charge >= 0.3 is 11.9 Å². The van der Waals surface area contributed by atoms with Crippen molar-refractivity contribution in [3.63, 3.8) is 0 Å². The molecule has 0 aliphatic carbocycles. The van der Waals surface area contributed by atoms with E-state index in [1.165, 1.54) is 135 Å². The molecule has 0 saturated heterocycles. The number of carbonyl (C=O) groups excluding carboxylic acids is 2. The number of allylic oxidation sites excluding steroid dienone is 14. The Morgan fingerprint density at radius 2 is 0.682 bits per heavy atom. The first-order chi connectivity index (χ1) is 32.6. The Kier molecular flexibility index (Phi) is 53.9. The van der Waals surface area contributed by atoms with Crippen LogP contribution in [0.2, 0.25) is 0 Å². The van der Waals surface area contributed by atoms with Crippen LogP contribution in [0.1, 0.15) is 265 Å². The second-order valence-corrected chi connectivity index (χ2v) is 18.4. The van der Waals surface area contributed by atoms with Gasteiger partial charge in [0.25, 0.3) is 0 Å². The summed E-state index contributed by atoms with van der Waals surface area (Å²) in [6.07, 6.45) is 74.5. The third kappa shape index (κ3) is 53.7. The average Bonchev–Trinajstić information content (AvgIpc) is 3.32. The highest BCUT2D eigenvalue weighted by Gasteiger charge is 2.17. The van der Waals surface area contributed by atoms with Gasteiger partial charge in [-0.1, -0.05) is 221 Å². The van der Waals surface area contributed by atoms with Crippen LogP contribution in [0.25, 0.3) is 0 Å². The molecular formula is C61H106O5. The number of unbranched alkanes of at least 4 members (excludes halogenated alkanes) is 26. The molecule has 0 aromatic heterocycles. The monoisotopic (exact) mass is 919 g/mol. The Morgan fingerprint density at radius 3 is 1.14 bits per heavy atom. The minimum Gasteiger partial charge on any atom is -0.462 e. The summed E-state index contributed by atoms with van der Waals surface area (Å²) in [4.78, 5) is 25.5. The summed E-state index contributed by atoms with van der Waals surface area (Å²) < 4.78 is 17.4. The van der Waals surface area contributed by atoms with Crippen LogP contribution >= 0.6 is 0 Å². The molecule has 380 valence electrons. The number of hydrogen-bond donors (Lipinski definition) is 0. The van der Waals surface area contributed by atoms with E-state index in [0.29, 0.717) is 19.4 Å². The first kappa shape index (κ1) is 63.1. The molecule has 0 amide bonds. The van der Waals surface area contributed by atoms with Crippen molar-refractivity contribution in [3.05, 3.63) is 85.1 Å². The summed E-state index contributed by atoms with van der Waals surface area (Å²) in [5.74, 6) is -0.426. The van der Waals surface area contributed by atoms with E-state index in [1.807, 2.05) is 0 Å². The molecule has 0 saturated carbocycles. The normalized spacial score (nSPS) is 12.8. The molecule has 0 aliphatic rings. The highest BCUT2D eigenvalue weighted by Crippen LogP contribution is 2.14. The summed E-state index contributed by atoms with van der Waals surface area (Å²) in [6.45, 7) is 7.65. The molecule has 0 N–H and O–H groups in total. The summed E-state index contributed by atoms with van der Waals surface area (Å²) in [5, 5.41) is 0. The summed E-state index contributed by atoms with van der Waals surface area (Å²) in [6, 6.07) is 0. The second kappa shape index (κ2) is 56.4. The zero-order valence-corrected chi connectivity index (χ0v) is 43.7. The zero-order chi connectivity index (χ0) is 47.7. The molecule has 0 rings (SSSR count). The Labute approximate surface area is 409 Å². The number of hydrogen-bond acceptors (Lipinski definition) is 5. The lowest BCUT2D eigenvalue weighted by Gasteiger charge is -2.18. The molecule has 66 heavy (non-hydrogen) atoms. The smallest absolute Gasteiger partial charge is 0.306 e. The number of ether oxygens (including phenoxy) is 3. The largest absolute Gasteiger partial charge is 0.462 e. The van der Waals surface area contributed by atoms with Gasteiger partial charge in [0.2, 0.25) is 0 Å². The first-order valence-corrected chi connectivity index (χ1v) is 28.1. The van der Waals surface area contributed by atoms with Gasteiger partial charge in [0, 0.05) is 19.4 Å². The molecule has 0 bridgehead atoms. The van der Waals surface area contributed by atoms with Crippen LogP contribution in [0, 0.1) is 0 Å². The zero-order valence-electron chi connectivity index (χ0n) is 43.7. The van der Waals surface area contributed by atoms with Gasteiger partial charge in [-0.05, 0) is 116 Å². The Morgan fingerprint density at radius 1 is 0.348 bits per heavy atom. The summed E-state index contributed by atoms with van der Waals surface area (Å²) in [5.41, 5.74) is 0. The van der Waals surface area contributed by atoms with Crippen LogP contribution in [0.4, 0.5) is 0 Å². The van der Waals surface area contributed by atoms with Gasteiger partial charge in [-0.25, -0.2) is 0 Å². The van der Waals surface area contributed by atoms with Crippen LogP contribution in [0.15, 0.2) is 85.1 Å². The second-order valence-electron chi connectivity index (χ2n) is 18.4. The molecule has 0 heterocycles. The number of esters is 2. The van der Waals surface area contributed by atoms with Crippen molar-refractivity contribution in [3.8, 4) is 0 Å². The first-order valence-electron chi connectivity index (χ1n) is 28.1. The van der Waals surface area contributed by atoms with Crippen LogP contribution in [0.3, 0.4) is 0 Å². The minimum absolute atomic E-state index is 0.0676. The molecule has 0 aromatic rings. The van der Waals surface area contributed by atoms with E-state index in [0.717, 1.165) is 96.3 Å². The standard InChI is InChI=1S/C61H106O5/c1-4-7-10-13-16-19-22-25-28-29-30-31-32-35-38-41-44-47-50-53-56-64-57-59(66-61(63)55-52-49-46-43-40-37-34-27-24-21-18-15-12-9-6-3)58-65-60(62)54-51-48-45-42-39-36-33-26-23-20-17-14-11-8-5-2/h7,10,16-17,19-20,25-28,30-31,33-34,59H,4-6,8-9,11-15,18,21-24,29,32,35-58H2,1-3H3/b10-7-,19-16-,20-17-,28-25-,31-30-,33-26-,34-27-. The van der Waals surface area contributed by atoms with Crippen LogP contribution in [0.5, 0.6) is 0 Å². The molecule has 0 spiro atoms. The predicted octanol–water partition coefficient (Wildman–Crippen LogP) is 19.2. The molecule has 0 aliphatic heterocycles. The van der Waals surface area contributed by atoms with Crippen molar-refractivity contribution >= 4 is 11.9 Å². The lowest BCUT2D eigenvalue weighted by Crippen LogP contribution is -2.30. The maximum Gasteiger partial charge on any atom is 0.306 e. The van der Waals surface area contributed by atoms with Crippen molar-refractivity contribution < 1.29 is 23.8 Å². The Bertz CT molecular complexity index is 1220. The number of rotatable bonds is 51. The van der Waals surface area contributed by atoms with Crippen LogP contribution in [-0.2, 0) is 23.8 Å². The van der Waals surface area contributed by atoms with Crippen molar-refractivity contribution in [2.45, 2.75) is 271 Å². The van der Waals surface area contributed by atoms with Gasteiger partial charge in [-0.3, -0.25) is 9.59 Å². The molecule has 1 unspecified atom stereocenters. The van der Waals surface area contributed by atoms with E-state index in [9.17, 15) is 9.59 Å². The summed E-state index contributed by atoms with van der Waals surface area (Å²) in [7, 11) is 0. The van der Waals surface area contributed by atoms with Crippen molar-refractivity contribution in [2.75, 3.05) is 19.8 Å². The van der Waals surface area contributed by atoms with E-state index >= 15 is 0 Å². The van der Waals surface area contributed by atoms with Crippen molar-refractivity contribution in [1.29, 1.82) is 0 Å². The van der Waals surface area contributed by atoms with Crippen LogP contribution < -0.4 is 0 Å². The lowest BCUT2D eigenvalue weighted by molar-refractivity contribution is -0.163. The van der Waals surface area contributed by atoms with E-state index in [-0.39, 0.29) is 25.2 Å². The molecule has 5 nitrogen and oxygen atoms in total. The average molecular weight is 920 g/mol. The van der Waals surface area contributed by atoms with Gasteiger partial charge in [-0.15, -0.1) is 0 Å². The van der Waals surface area contributed by atoms with Crippen LogP contribution in [-0.4, -0.2) is 37.9 Å². The molecule has 0 radical (unpaired) electrons. The Hall–Kier alpha value is -2.92. The SMILES string of the molecule is CC/C=C\C/C=C\C/C=C\C/C=C\CCCCCCCCCOCC(COC(=O)CCCCCCC/C=C\C/C=C\CCCCC)OC(=O)CCCCCCC/C=C\CCCCCCCC. The highest BCUT2D eigenvalue weighted by atomic mass is 16.6. The lowest BCUT2D eigenvalue weighted by atomic mass is 10.1. The van der Waals surface area contributed by atoms with E-state index in [2.05, 4.69) is 106 Å². The van der Waals surface area contributed by atoms with Gasteiger partial charge < -0.3 is 14.2 Å².